The van der Waals surface area contributed by atoms with Gasteiger partial charge in [0.25, 0.3) is 5.88 Å². The number of anilines is 4. The first-order chi connectivity index (χ1) is 21.1. The van der Waals surface area contributed by atoms with Crippen LogP contribution in [0.3, 0.4) is 0 Å². The largest absolute Gasteiger partial charge is 0.471 e. The fraction of sp³-hybridized carbons (Fsp3) is 0.333. The molecule has 1 saturated heterocycles. The fourth-order valence-corrected chi connectivity index (χ4v) is 5.19. The molecule has 4 aromatic heterocycles. The number of para-hydroxylation sites is 1. The Bertz CT molecular complexity index is 1810. The summed E-state index contributed by atoms with van der Waals surface area (Å²) in [6, 6.07) is 7.68. The molecule has 13 nitrogen and oxygen atoms in total. The molecule has 1 aliphatic heterocycles. The standard InChI is InChI=1S/C30H34FN11O2/c1-17-12-33-29(36-24-11-18(2)41(5)39-24)37-26(17)21-13-32-27-20(21)7-6-8-23(27)35-25(43)16-42-10-9-19(15-42)44-28-22(31)14-34-30(38-28)40(3)4/h6-8,11-14,19,32H,9-10,15-16H2,1-5H3,(H,35,43)(H,33,36,37,39)/t19-/m0/s1. The predicted molar refractivity (Wildman–Crippen MR) is 166 cm³/mol. The minimum absolute atomic E-state index is 0.0807. The highest BCUT2D eigenvalue weighted by atomic mass is 19.1. The number of fused-ring (bicyclic) bond motifs is 1. The highest BCUT2D eigenvalue weighted by Crippen LogP contribution is 2.33. The van der Waals surface area contributed by atoms with Crippen molar-refractivity contribution in [2.75, 3.05) is 49.3 Å². The molecule has 228 valence electrons. The van der Waals surface area contributed by atoms with E-state index in [4.69, 9.17) is 9.72 Å². The van der Waals surface area contributed by atoms with E-state index in [0.29, 0.717) is 42.9 Å². The molecule has 3 N–H and O–H groups in total. The van der Waals surface area contributed by atoms with Gasteiger partial charge in [-0.3, -0.25) is 14.4 Å². The van der Waals surface area contributed by atoms with Crippen LogP contribution < -0.4 is 20.3 Å². The van der Waals surface area contributed by atoms with Crippen molar-refractivity contribution in [2.45, 2.75) is 26.4 Å². The third kappa shape index (κ3) is 6.01. The van der Waals surface area contributed by atoms with Gasteiger partial charge in [-0.05, 0) is 31.9 Å². The van der Waals surface area contributed by atoms with E-state index >= 15 is 0 Å². The Morgan fingerprint density at radius 1 is 1.20 bits per heavy atom. The lowest BCUT2D eigenvalue weighted by Gasteiger charge is -2.17. The molecule has 1 aromatic carbocycles. The van der Waals surface area contributed by atoms with Gasteiger partial charge in [-0.1, -0.05) is 12.1 Å². The van der Waals surface area contributed by atoms with Gasteiger partial charge >= 0.3 is 0 Å². The maximum Gasteiger partial charge on any atom is 0.255 e. The first-order valence-corrected chi connectivity index (χ1v) is 14.2. The monoisotopic (exact) mass is 599 g/mol. The maximum absolute atomic E-state index is 14.3. The third-order valence-electron chi connectivity index (χ3n) is 7.54. The molecule has 0 unspecified atom stereocenters. The summed E-state index contributed by atoms with van der Waals surface area (Å²) in [5.74, 6) is 0.618. The fourth-order valence-electron chi connectivity index (χ4n) is 5.19. The quantitative estimate of drug-likeness (QED) is 0.229. The molecule has 1 fully saturated rings. The van der Waals surface area contributed by atoms with Gasteiger partial charge in [0.15, 0.2) is 5.82 Å². The van der Waals surface area contributed by atoms with Crippen molar-refractivity contribution >= 4 is 40.2 Å². The Kier molecular flexibility index (Phi) is 7.82. The van der Waals surface area contributed by atoms with Crippen LogP contribution in [0.15, 0.2) is 42.9 Å². The summed E-state index contributed by atoms with van der Waals surface area (Å²) in [4.78, 5) is 37.4. The zero-order valence-electron chi connectivity index (χ0n) is 25.2. The molecular weight excluding hydrogens is 565 g/mol. The van der Waals surface area contributed by atoms with Crippen molar-refractivity contribution < 1.29 is 13.9 Å². The second-order valence-corrected chi connectivity index (χ2v) is 11.1. The Morgan fingerprint density at radius 3 is 2.82 bits per heavy atom. The number of ether oxygens (including phenoxy) is 1. The van der Waals surface area contributed by atoms with Gasteiger partial charge in [-0.2, -0.15) is 14.5 Å². The van der Waals surface area contributed by atoms with Crippen LogP contribution in [-0.4, -0.2) is 85.3 Å². The lowest BCUT2D eigenvalue weighted by molar-refractivity contribution is -0.117. The zero-order valence-corrected chi connectivity index (χ0v) is 25.2. The number of amides is 1. The van der Waals surface area contributed by atoms with E-state index in [1.54, 1.807) is 29.9 Å². The Hall–Kier alpha value is -5.11. The summed E-state index contributed by atoms with van der Waals surface area (Å²) in [5.41, 5.74) is 5.05. The molecule has 44 heavy (non-hydrogen) atoms. The van der Waals surface area contributed by atoms with E-state index in [9.17, 15) is 9.18 Å². The van der Waals surface area contributed by atoms with Crippen molar-refractivity contribution in [3.63, 3.8) is 0 Å². The summed E-state index contributed by atoms with van der Waals surface area (Å²) in [6.07, 6.45) is 5.14. The summed E-state index contributed by atoms with van der Waals surface area (Å²) in [7, 11) is 5.43. The Labute approximate surface area is 253 Å². The molecule has 0 aliphatic carbocycles. The minimum atomic E-state index is -0.613. The number of nitrogens with one attached hydrogen (secondary N) is 3. The summed E-state index contributed by atoms with van der Waals surface area (Å²) < 4.78 is 21.9. The van der Waals surface area contributed by atoms with Gasteiger partial charge in [0.05, 0.1) is 29.6 Å². The number of carbonyl (C=O) groups excluding carboxylic acids is 1. The van der Waals surface area contributed by atoms with Crippen molar-refractivity contribution in [3.05, 3.63) is 59.9 Å². The average Bonchev–Trinajstić information content (AvgIpc) is 3.70. The number of H-pyrrole nitrogens is 1. The predicted octanol–water partition coefficient (Wildman–Crippen LogP) is 3.81. The van der Waals surface area contributed by atoms with Crippen LogP contribution in [0.4, 0.5) is 27.8 Å². The number of hydrogen-bond donors (Lipinski definition) is 3. The van der Waals surface area contributed by atoms with Crippen molar-refractivity contribution in [3.8, 4) is 17.1 Å². The van der Waals surface area contributed by atoms with Crippen molar-refractivity contribution in [1.29, 1.82) is 0 Å². The van der Waals surface area contributed by atoms with Crippen molar-refractivity contribution in [2.24, 2.45) is 7.05 Å². The first kappa shape index (κ1) is 29.0. The second-order valence-electron chi connectivity index (χ2n) is 11.1. The number of aromatic nitrogens is 7. The van der Waals surface area contributed by atoms with Crippen LogP contribution in [0, 0.1) is 19.7 Å². The molecule has 5 heterocycles. The number of halogens is 1. The number of aromatic amines is 1. The summed E-state index contributed by atoms with van der Waals surface area (Å²) in [6.45, 7) is 5.23. The van der Waals surface area contributed by atoms with Crippen LogP contribution in [0.25, 0.3) is 22.2 Å². The van der Waals surface area contributed by atoms with Gasteiger partial charge in [-0.25, -0.2) is 15.0 Å². The SMILES string of the molecule is Cc1cnc(Nc2cc(C)n(C)n2)nc1-c1c[nH]c2c(NC(=O)CN3CC[C@H](Oc4nc(N(C)C)ncc4F)C3)cccc12. The molecule has 14 heteroatoms. The van der Waals surface area contributed by atoms with Crippen molar-refractivity contribution in [1.82, 2.24) is 39.6 Å². The molecular formula is C30H34FN11O2. The number of rotatable bonds is 9. The lowest BCUT2D eigenvalue weighted by Crippen LogP contribution is -2.33. The molecule has 6 rings (SSSR count). The molecule has 1 amide bonds. The van der Waals surface area contributed by atoms with Gasteiger partial charge in [0.2, 0.25) is 23.6 Å². The molecule has 5 aromatic rings. The minimum Gasteiger partial charge on any atom is -0.471 e. The van der Waals surface area contributed by atoms with Crippen LogP contribution in [0.1, 0.15) is 17.7 Å². The van der Waals surface area contributed by atoms with Crippen LogP contribution in [0.5, 0.6) is 5.88 Å². The second kappa shape index (κ2) is 11.9. The first-order valence-electron chi connectivity index (χ1n) is 14.2. The average molecular weight is 600 g/mol. The number of likely N-dealkylation sites (tertiary alicyclic amines) is 1. The van der Waals surface area contributed by atoms with E-state index in [2.05, 4.69) is 35.7 Å². The van der Waals surface area contributed by atoms with Crippen LogP contribution in [-0.2, 0) is 11.8 Å². The number of benzene rings is 1. The molecule has 0 radical (unpaired) electrons. The highest BCUT2D eigenvalue weighted by Gasteiger charge is 2.27. The van der Waals surface area contributed by atoms with Gasteiger partial charge in [0, 0.05) is 69.3 Å². The normalized spacial score (nSPS) is 15.1. The smallest absolute Gasteiger partial charge is 0.255 e. The number of aryl methyl sites for hydroxylation is 3. The number of carbonyl (C=O) groups is 1. The number of nitrogens with zero attached hydrogens (tertiary/aromatic N) is 8. The van der Waals surface area contributed by atoms with Gasteiger partial charge in [-0.15, -0.1) is 0 Å². The van der Waals surface area contributed by atoms with E-state index in [1.165, 1.54) is 0 Å². The van der Waals surface area contributed by atoms with Gasteiger partial charge < -0.3 is 25.3 Å². The van der Waals surface area contributed by atoms with E-state index < -0.39 is 5.82 Å². The Morgan fingerprint density at radius 2 is 2.05 bits per heavy atom. The molecule has 1 aliphatic rings. The summed E-state index contributed by atoms with van der Waals surface area (Å²) >= 11 is 0. The molecule has 0 saturated carbocycles. The topological polar surface area (TPSA) is 142 Å². The van der Waals surface area contributed by atoms with Crippen LogP contribution >= 0.6 is 0 Å². The lowest BCUT2D eigenvalue weighted by atomic mass is 10.1. The van der Waals surface area contributed by atoms with E-state index in [0.717, 1.165) is 39.6 Å². The molecule has 0 bridgehead atoms. The maximum atomic E-state index is 14.3. The zero-order chi connectivity index (χ0) is 31.0. The highest BCUT2D eigenvalue weighted by molar-refractivity contribution is 6.06. The van der Waals surface area contributed by atoms with E-state index in [-0.39, 0.29) is 24.4 Å². The van der Waals surface area contributed by atoms with Crippen LogP contribution in [0.2, 0.25) is 0 Å². The van der Waals surface area contributed by atoms with Gasteiger partial charge in [0.1, 0.15) is 6.10 Å². The number of hydrogen-bond acceptors (Lipinski definition) is 10. The third-order valence-corrected chi connectivity index (χ3v) is 7.54. The van der Waals surface area contributed by atoms with E-state index in [1.807, 2.05) is 56.3 Å². The molecule has 1 atom stereocenters. The molecule has 0 spiro atoms. The Balaban J connectivity index is 1.13. The summed E-state index contributed by atoms with van der Waals surface area (Å²) in [5, 5.41) is 11.6.